The van der Waals surface area contributed by atoms with E-state index < -0.39 is 32.7 Å². The summed E-state index contributed by atoms with van der Waals surface area (Å²) in [5.41, 5.74) is 3.27. The van der Waals surface area contributed by atoms with Crippen molar-refractivity contribution < 1.29 is 21.6 Å². The number of nitrogens with one attached hydrogen (secondary N) is 1. The number of nitrogens with two attached hydrogens (primary N) is 1. The molecular formula is C11H12F3N3O2S. The second-order valence-corrected chi connectivity index (χ2v) is 5.84. The van der Waals surface area contributed by atoms with Gasteiger partial charge in [0.15, 0.2) is 5.25 Å². The summed E-state index contributed by atoms with van der Waals surface area (Å²) in [6, 6.07) is 4.22. The van der Waals surface area contributed by atoms with Crippen molar-refractivity contribution >= 4 is 21.4 Å². The van der Waals surface area contributed by atoms with Crippen molar-refractivity contribution in [3.8, 4) is 6.07 Å². The van der Waals surface area contributed by atoms with Crippen molar-refractivity contribution in [3.05, 3.63) is 23.8 Å². The van der Waals surface area contributed by atoms with Crippen LogP contribution in [0.4, 0.5) is 24.5 Å². The molecule has 0 fully saturated rings. The summed E-state index contributed by atoms with van der Waals surface area (Å²) in [5.74, 6) is 0. The highest BCUT2D eigenvalue weighted by Crippen LogP contribution is 2.35. The van der Waals surface area contributed by atoms with E-state index in [0.29, 0.717) is 6.07 Å². The van der Waals surface area contributed by atoms with Gasteiger partial charge in [-0.25, -0.2) is 8.42 Å². The average molecular weight is 307 g/mol. The van der Waals surface area contributed by atoms with Crippen molar-refractivity contribution in [2.75, 3.05) is 10.5 Å². The first-order valence-corrected chi connectivity index (χ1v) is 7.04. The number of nitrogen functional groups attached to an aromatic ring is 1. The maximum atomic E-state index is 12.6. The van der Waals surface area contributed by atoms with E-state index in [0.717, 1.165) is 12.1 Å². The Morgan fingerprint density at radius 1 is 1.45 bits per heavy atom. The van der Waals surface area contributed by atoms with Gasteiger partial charge in [-0.15, -0.1) is 0 Å². The molecule has 0 aliphatic rings. The number of hydrogen-bond donors (Lipinski definition) is 2. The van der Waals surface area contributed by atoms with Crippen molar-refractivity contribution in [1.82, 2.24) is 0 Å². The van der Waals surface area contributed by atoms with Crippen LogP contribution in [-0.2, 0) is 16.2 Å². The lowest BCUT2D eigenvalue weighted by atomic mass is 10.1. The zero-order chi connectivity index (χ0) is 15.6. The summed E-state index contributed by atoms with van der Waals surface area (Å²) in [6.07, 6.45) is -4.67. The van der Waals surface area contributed by atoms with Crippen molar-refractivity contribution in [2.45, 2.75) is 24.8 Å². The SMILES string of the molecule is CCC(C#N)S(=O)(=O)Nc1ccc(N)c(C(F)(F)F)c1. The van der Waals surface area contributed by atoms with Gasteiger partial charge in [-0.2, -0.15) is 18.4 Å². The van der Waals surface area contributed by atoms with Gasteiger partial charge in [-0.3, -0.25) is 4.72 Å². The molecule has 0 aliphatic heterocycles. The van der Waals surface area contributed by atoms with Gasteiger partial charge in [-0.1, -0.05) is 6.92 Å². The second-order valence-electron chi connectivity index (χ2n) is 3.97. The van der Waals surface area contributed by atoms with E-state index in [9.17, 15) is 21.6 Å². The highest BCUT2D eigenvalue weighted by Gasteiger charge is 2.33. The summed E-state index contributed by atoms with van der Waals surface area (Å²) >= 11 is 0. The molecule has 0 amide bonds. The first-order chi connectivity index (χ1) is 9.11. The van der Waals surface area contributed by atoms with E-state index in [1.807, 2.05) is 4.72 Å². The highest BCUT2D eigenvalue weighted by atomic mass is 32.2. The largest absolute Gasteiger partial charge is 0.418 e. The van der Waals surface area contributed by atoms with Gasteiger partial charge in [0.05, 0.1) is 11.6 Å². The van der Waals surface area contributed by atoms with Crippen LogP contribution in [0.2, 0.25) is 0 Å². The van der Waals surface area contributed by atoms with Crippen LogP contribution in [0.25, 0.3) is 0 Å². The molecule has 0 aromatic heterocycles. The minimum absolute atomic E-state index is 0.0208. The smallest absolute Gasteiger partial charge is 0.398 e. The Kier molecular flexibility index (Phi) is 4.50. The standard InChI is InChI=1S/C11H12F3N3O2S/c1-2-8(6-15)20(18,19)17-7-3-4-10(16)9(5-7)11(12,13)14/h3-5,8,17H,2,16H2,1H3. The van der Waals surface area contributed by atoms with Crippen molar-refractivity contribution in [1.29, 1.82) is 5.26 Å². The van der Waals surface area contributed by atoms with Crippen LogP contribution in [0.1, 0.15) is 18.9 Å². The van der Waals surface area contributed by atoms with Gasteiger partial charge in [0.2, 0.25) is 10.0 Å². The third kappa shape index (κ3) is 3.54. The van der Waals surface area contributed by atoms with Gasteiger partial charge in [0, 0.05) is 11.4 Å². The molecule has 1 unspecified atom stereocenters. The Labute approximate surface area is 114 Å². The summed E-state index contributed by atoms with van der Waals surface area (Å²) in [5, 5.41) is 7.36. The Morgan fingerprint density at radius 3 is 2.50 bits per heavy atom. The molecule has 0 heterocycles. The first-order valence-electron chi connectivity index (χ1n) is 5.49. The van der Waals surface area contributed by atoms with E-state index in [4.69, 9.17) is 11.0 Å². The summed E-state index contributed by atoms with van der Waals surface area (Å²) < 4.78 is 63.4. The van der Waals surface area contributed by atoms with E-state index in [-0.39, 0.29) is 12.1 Å². The van der Waals surface area contributed by atoms with Crippen LogP contribution < -0.4 is 10.5 Å². The maximum Gasteiger partial charge on any atom is 0.418 e. The first kappa shape index (κ1) is 16.1. The Bertz CT molecular complexity index is 635. The molecule has 1 atom stereocenters. The molecule has 0 bridgehead atoms. The van der Waals surface area contributed by atoms with Crippen LogP contribution in [-0.4, -0.2) is 13.7 Å². The lowest BCUT2D eigenvalue weighted by molar-refractivity contribution is -0.136. The van der Waals surface area contributed by atoms with Crippen LogP contribution in [0.5, 0.6) is 0 Å². The fraction of sp³-hybridized carbons (Fsp3) is 0.364. The third-order valence-electron chi connectivity index (χ3n) is 2.51. The third-order valence-corrected chi connectivity index (χ3v) is 4.22. The predicted octanol–water partition coefficient (Wildman–Crippen LogP) is 2.33. The average Bonchev–Trinajstić information content (AvgIpc) is 2.31. The summed E-state index contributed by atoms with van der Waals surface area (Å²) in [6.45, 7) is 1.48. The molecule has 20 heavy (non-hydrogen) atoms. The summed E-state index contributed by atoms with van der Waals surface area (Å²) in [4.78, 5) is 0. The highest BCUT2D eigenvalue weighted by molar-refractivity contribution is 7.93. The van der Waals surface area contributed by atoms with Crippen LogP contribution in [0.3, 0.4) is 0 Å². The van der Waals surface area contributed by atoms with Crippen molar-refractivity contribution in [2.24, 2.45) is 0 Å². The molecule has 1 aromatic carbocycles. The summed E-state index contributed by atoms with van der Waals surface area (Å²) in [7, 11) is -4.07. The molecule has 5 nitrogen and oxygen atoms in total. The number of alkyl halides is 3. The maximum absolute atomic E-state index is 12.6. The molecule has 0 aliphatic carbocycles. The minimum atomic E-state index is -4.69. The number of hydrogen-bond acceptors (Lipinski definition) is 4. The molecule has 0 saturated heterocycles. The fourth-order valence-electron chi connectivity index (χ4n) is 1.48. The van der Waals surface area contributed by atoms with Gasteiger partial charge >= 0.3 is 6.18 Å². The number of halogens is 3. The van der Waals surface area contributed by atoms with Crippen LogP contribution in [0.15, 0.2) is 18.2 Å². The van der Waals surface area contributed by atoms with Crippen LogP contribution in [0, 0.1) is 11.3 Å². The Hall–Kier alpha value is -1.95. The zero-order valence-electron chi connectivity index (χ0n) is 10.4. The normalized spacial score (nSPS) is 13.6. The predicted molar refractivity (Wildman–Crippen MR) is 68.1 cm³/mol. The molecule has 110 valence electrons. The number of nitriles is 1. The number of benzene rings is 1. The zero-order valence-corrected chi connectivity index (χ0v) is 11.2. The molecule has 3 N–H and O–H groups in total. The van der Waals surface area contributed by atoms with Crippen LogP contribution >= 0.6 is 0 Å². The van der Waals surface area contributed by atoms with E-state index in [1.165, 1.54) is 6.92 Å². The molecule has 1 rings (SSSR count). The minimum Gasteiger partial charge on any atom is -0.398 e. The van der Waals surface area contributed by atoms with Crippen molar-refractivity contribution in [3.63, 3.8) is 0 Å². The number of rotatable bonds is 4. The molecule has 9 heteroatoms. The fourth-order valence-corrected chi connectivity index (χ4v) is 2.66. The van der Waals surface area contributed by atoms with Gasteiger partial charge in [-0.05, 0) is 24.6 Å². The van der Waals surface area contributed by atoms with Gasteiger partial charge in [0.1, 0.15) is 0 Å². The quantitative estimate of drug-likeness (QED) is 0.834. The lowest BCUT2D eigenvalue weighted by Gasteiger charge is -2.14. The number of anilines is 2. The van der Waals surface area contributed by atoms with E-state index >= 15 is 0 Å². The second kappa shape index (κ2) is 5.58. The van der Waals surface area contributed by atoms with Gasteiger partial charge < -0.3 is 5.73 Å². The van der Waals surface area contributed by atoms with Gasteiger partial charge in [0.25, 0.3) is 0 Å². The number of sulfonamides is 1. The molecule has 1 aromatic rings. The molecule has 0 radical (unpaired) electrons. The Morgan fingerprint density at radius 2 is 2.05 bits per heavy atom. The molecular weight excluding hydrogens is 295 g/mol. The van der Waals surface area contributed by atoms with E-state index in [2.05, 4.69) is 0 Å². The van der Waals surface area contributed by atoms with E-state index in [1.54, 1.807) is 6.07 Å². The number of nitrogens with zero attached hydrogens (tertiary/aromatic N) is 1. The monoisotopic (exact) mass is 307 g/mol. The topological polar surface area (TPSA) is 96.0 Å². The molecule has 0 spiro atoms. The lowest BCUT2D eigenvalue weighted by Crippen LogP contribution is -2.26. The molecule has 0 saturated carbocycles. The Balaban J connectivity index is 3.16.